The third-order valence-corrected chi connectivity index (χ3v) is 4.69. The second-order valence-corrected chi connectivity index (χ2v) is 6.12. The number of fused-ring (bicyclic) bond motifs is 1. The second-order valence-electron chi connectivity index (χ2n) is 6.12. The van der Waals surface area contributed by atoms with Crippen LogP contribution in [-0.4, -0.2) is 31.7 Å². The van der Waals surface area contributed by atoms with E-state index in [2.05, 4.69) is 23.6 Å². The fraction of sp³-hybridized carbons (Fsp3) is 0.588. The molecule has 0 aromatic heterocycles. The molecule has 0 aliphatic carbocycles. The van der Waals surface area contributed by atoms with E-state index in [9.17, 15) is 4.79 Å². The van der Waals surface area contributed by atoms with Crippen molar-refractivity contribution in [3.63, 3.8) is 0 Å². The van der Waals surface area contributed by atoms with Crippen molar-refractivity contribution in [2.75, 3.05) is 19.8 Å². The van der Waals surface area contributed by atoms with Crippen LogP contribution in [0.15, 0.2) is 18.2 Å². The first-order valence-corrected chi connectivity index (χ1v) is 7.95. The van der Waals surface area contributed by atoms with Gasteiger partial charge in [-0.1, -0.05) is 6.07 Å². The summed E-state index contributed by atoms with van der Waals surface area (Å²) in [6.07, 6.45) is 3.13. The zero-order valence-corrected chi connectivity index (χ0v) is 12.7. The Morgan fingerprint density at radius 3 is 2.95 bits per heavy atom. The van der Waals surface area contributed by atoms with E-state index >= 15 is 0 Å². The molecule has 21 heavy (non-hydrogen) atoms. The van der Waals surface area contributed by atoms with Gasteiger partial charge in [0.2, 0.25) is 0 Å². The van der Waals surface area contributed by atoms with Crippen molar-refractivity contribution in [1.82, 2.24) is 10.6 Å². The molecule has 0 bridgehead atoms. The van der Waals surface area contributed by atoms with E-state index in [4.69, 9.17) is 4.74 Å². The average molecular weight is 288 g/mol. The van der Waals surface area contributed by atoms with E-state index in [-0.39, 0.29) is 11.9 Å². The van der Waals surface area contributed by atoms with Crippen LogP contribution >= 0.6 is 0 Å². The Balaban J connectivity index is 1.64. The summed E-state index contributed by atoms with van der Waals surface area (Å²) in [4.78, 5) is 12.4. The van der Waals surface area contributed by atoms with E-state index in [0.717, 1.165) is 51.1 Å². The lowest BCUT2D eigenvalue weighted by molar-refractivity contribution is 0.0538. The van der Waals surface area contributed by atoms with Crippen LogP contribution in [0.1, 0.15) is 41.3 Å². The van der Waals surface area contributed by atoms with Crippen molar-refractivity contribution in [1.29, 1.82) is 0 Å². The molecule has 1 amide bonds. The number of amides is 1. The number of benzene rings is 1. The van der Waals surface area contributed by atoms with Gasteiger partial charge in [0, 0.05) is 31.4 Å². The van der Waals surface area contributed by atoms with Gasteiger partial charge in [0.25, 0.3) is 5.91 Å². The van der Waals surface area contributed by atoms with E-state index in [1.54, 1.807) is 0 Å². The van der Waals surface area contributed by atoms with Gasteiger partial charge in [0.1, 0.15) is 0 Å². The first-order valence-electron chi connectivity index (χ1n) is 7.95. The maximum atomic E-state index is 12.4. The van der Waals surface area contributed by atoms with Crippen molar-refractivity contribution < 1.29 is 9.53 Å². The van der Waals surface area contributed by atoms with Crippen LogP contribution < -0.4 is 10.6 Å². The lowest BCUT2D eigenvalue weighted by atomic mass is 9.92. The van der Waals surface area contributed by atoms with Gasteiger partial charge < -0.3 is 15.4 Å². The van der Waals surface area contributed by atoms with Crippen molar-refractivity contribution in [2.45, 2.75) is 38.8 Å². The fourth-order valence-corrected chi connectivity index (χ4v) is 3.25. The molecule has 0 saturated carbocycles. The summed E-state index contributed by atoms with van der Waals surface area (Å²) in [5, 5.41) is 6.51. The number of hydrogen-bond acceptors (Lipinski definition) is 3. The van der Waals surface area contributed by atoms with Gasteiger partial charge in [0.15, 0.2) is 0 Å². The third-order valence-electron chi connectivity index (χ3n) is 4.69. The van der Waals surface area contributed by atoms with Crippen molar-refractivity contribution >= 4 is 5.91 Å². The highest BCUT2D eigenvalue weighted by atomic mass is 16.5. The van der Waals surface area contributed by atoms with Gasteiger partial charge in [0.05, 0.1) is 0 Å². The number of rotatable bonds is 3. The van der Waals surface area contributed by atoms with E-state index in [1.807, 2.05) is 12.1 Å². The quantitative estimate of drug-likeness (QED) is 0.893. The number of hydrogen-bond donors (Lipinski definition) is 2. The summed E-state index contributed by atoms with van der Waals surface area (Å²) in [5.41, 5.74) is 3.40. The predicted molar refractivity (Wildman–Crippen MR) is 82.3 cm³/mol. The number of carbonyl (C=O) groups is 1. The Labute approximate surface area is 126 Å². The summed E-state index contributed by atoms with van der Waals surface area (Å²) >= 11 is 0. The highest BCUT2D eigenvalue weighted by molar-refractivity contribution is 5.94. The van der Waals surface area contributed by atoms with Gasteiger partial charge in [-0.15, -0.1) is 0 Å². The summed E-state index contributed by atoms with van der Waals surface area (Å²) in [6, 6.07) is 6.30. The van der Waals surface area contributed by atoms with Crippen LogP contribution in [0.3, 0.4) is 0 Å². The predicted octanol–water partition coefficient (Wildman–Crippen LogP) is 1.88. The zero-order chi connectivity index (χ0) is 14.7. The summed E-state index contributed by atoms with van der Waals surface area (Å²) in [7, 11) is 0. The van der Waals surface area contributed by atoms with Crippen LogP contribution in [0.4, 0.5) is 0 Å². The number of ether oxygens (including phenoxy) is 1. The molecule has 2 aliphatic rings. The summed E-state index contributed by atoms with van der Waals surface area (Å²) in [5.74, 6) is 0.573. The maximum Gasteiger partial charge on any atom is 0.251 e. The Morgan fingerprint density at radius 2 is 2.14 bits per heavy atom. The molecular formula is C17H24N2O2. The molecule has 114 valence electrons. The largest absolute Gasteiger partial charge is 0.381 e. The van der Waals surface area contributed by atoms with E-state index in [0.29, 0.717) is 5.92 Å². The smallest absolute Gasteiger partial charge is 0.251 e. The minimum absolute atomic E-state index is 0.0439. The minimum Gasteiger partial charge on any atom is -0.381 e. The molecule has 4 nitrogen and oxygen atoms in total. The molecule has 4 heteroatoms. The molecule has 0 spiro atoms. The maximum absolute atomic E-state index is 12.4. The number of nitrogens with one attached hydrogen (secondary N) is 2. The molecule has 1 aromatic rings. The van der Waals surface area contributed by atoms with Crippen LogP contribution in [0.5, 0.6) is 0 Å². The summed E-state index contributed by atoms with van der Waals surface area (Å²) in [6.45, 7) is 5.63. The van der Waals surface area contributed by atoms with Gasteiger partial charge in [-0.25, -0.2) is 0 Å². The van der Waals surface area contributed by atoms with Crippen LogP contribution in [-0.2, 0) is 17.7 Å². The molecule has 3 rings (SSSR count). The Hall–Kier alpha value is -1.39. The van der Waals surface area contributed by atoms with E-state index in [1.165, 1.54) is 11.1 Å². The molecule has 2 aliphatic heterocycles. The molecule has 2 heterocycles. The summed E-state index contributed by atoms with van der Waals surface area (Å²) < 4.78 is 5.38. The molecule has 1 aromatic carbocycles. The molecule has 1 unspecified atom stereocenters. The van der Waals surface area contributed by atoms with Crippen molar-refractivity contribution in [3.8, 4) is 0 Å². The van der Waals surface area contributed by atoms with Gasteiger partial charge >= 0.3 is 0 Å². The lowest BCUT2D eigenvalue weighted by Crippen LogP contribution is -2.40. The van der Waals surface area contributed by atoms with Crippen molar-refractivity contribution in [3.05, 3.63) is 34.9 Å². The first kappa shape index (κ1) is 14.5. The molecule has 1 atom stereocenters. The van der Waals surface area contributed by atoms with Gasteiger partial charge in [-0.3, -0.25) is 4.79 Å². The van der Waals surface area contributed by atoms with Crippen LogP contribution in [0.2, 0.25) is 0 Å². The first-order chi connectivity index (χ1) is 10.2. The van der Waals surface area contributed by atoms with E-state index < -0.39 is 0 Å². The highest BCUT2D eigenvalue weighted by Gasteiger charge is 2.22. The normalized spacial score (nSPS) is 20.6. The molecule has 0 radical (unpaired) electrons. The topological polar surface area (TPSA) is 50.4 Å². The molecule has 2 N–H and O–H groups in total. The standard InChI is InChI=1S/C17H24N2O2/c1-12(13-5-8-21-9-6-13)19-17(20)15-3-2-14-4-7-18-11-16(14)10-15/h2-3,10,12-13,18H,4-9,11H2,1H3,(H,19,20). The molecule has 1 saturated heterocycles. The second kappa shape index (κ2) is 6.58. The highest BCUT2D eigenvalue weighted by Crippen LogP contribution is 2.20. The van der Waals surface area contributed by atoms with Gasteiger partial charge in [-0.2, -0.15) is 0 Å². The lowest BCUT2D eigenvalue weighted by Gasteiger charge is -2.28. The van der Waals surface area contributed by atoms with Gasteiger partial charge in [-0.05, 0) is 61.9 Å². The average Bonchev–Trinajstić information content (AvgIpc) is 2.55. The van der Waals surface area contributed by atoms with Crippen molar-refractivity contribution in [2.24, 2.45) is 5.92 Å². The monoisotopic (exact) mass is 288 g/mol. The third kappa shape index (κ3) is 3.44. The Bertz CT molecular complexity index is 510. The molecule has 1 fully saturated rings. The minimum atomic E-state index is 0.0439. The Morgan fingerprint density at radius 1 is 1.33 bits per heavy atom. The zero-order valence-electron chi connectivity index (χ0n) is 12.7. The molecular weight excluding hydrogens is 264 g/mol. The number of carbonyl (C=O) groups excluding carboxylic acids is 1. The Kier molecular flexibility index (Phi) is 4.56. The van der Waals surface area contributed by atoms with Crippen LogP contribution in [0.25, 0.3) is 0 Å². The van der Waals surface area contributed by atoms with Crippen LogP contribution in [0, 0.1) is 5.92 Å². The fourth-order valence-electron chi connectivity index (χ4n) is 3.25. The SMILES string of the molecule is CC(NC(=O)c1ccc2c(c1)CNCC2)C1CCOCC1.